The zero-order chi connectivity index (χ0) is 15.4. The Hall–Kier alpha value is -2.02. The van der Waals surface area contributed by atoms with Crippen LogP contribution in [0, 0.1) is 0 Å². The SMILES string of the molecule is CN(CCC(=O)O)C(=O)c1ccc2c(c1)NC(=O)CCS2. The summed E-state index contributed by atoms with van der Waals surface area (Å²) >= 11 is 1.57. The van der Waals surface area contributed by atoms with E-state index in [1.54, 1.807) is 30.9 Å². The number of thioether (sulfide) groups is 1. The Labute approximate surface area is 126 Å². The summed E-state index contributed by atoms with van der Waals surface area (Å²) in [6.07, 6.45) is 0.348. The van der Waals surface area contributed by atoms with Crippen LogP contribution in [0.5, 0.6) is 0 Å². The van der Waals surface area contributed by atoms with Gasteiger partial charge in [-0.05, 0) is 18.2 Å². The zero-order valence-corrected chi connectivity index (χ0v) is 12.4. The van der Waals surface area contributed by atoms with E-state index in [0.717, 1.165) is 4.90 Å². The van der Waals surface area contributed by atoms with Gasteiger partial charge in [-0.3, -0.25) is 14.4 Å². The molecule has 1 aromatic rings. The highest BCUT2D eigenvalue weighted by Crippen LogP contribution is 2.31. The van der Waals surface area contributed by atoms with Crippen molar-refractivity contribution in [1.82, 2.24) is 4.90 Å². The van der Waals surface area contributed by atoms with E-state index in [2.05, 4.69) is 5.32 Å². The smallest absolute Gasteiger partial charge is 0.305 e. The maximum Gasteiger partial charge on any atom is 0.305 e. The van der Waals surface area contributed by atoms with E-state index in [9.17, 15) is 14.4 Å². The van der Waals surface area contributed by atoms with Gasteiger partial charge in [-0.2, -0.15) is 0 Å². The van der Waals surface area contributed by atoms with E-state index in [1.807, 2.05) is 6.07 Å². The fourth-order valence-electron chi connectivity index (χ4n) is 1.94. The number of carboxylic acids is 1. The molecular formula is C14H16N2O4S. The summed E-state index contributed by atoms with van der Waals surface area (Å²) < 4.78 is 0. The Kier molecular flexibility index (Phi) is 4.85. The first-order chi connectivity index (χ1) is 9.97. The van der Waals surface area contributed by atoms with Crippen LogP contribution in [-0.4, -0.2) is 47.1 Å². The molecule has 0 aliphatic carbocycles. The summed E-state index contributed by atoms with van der Waals surface area (Å²) in [5, 5.41) is 11.4. The number of carbonyl (C=O) groups is 3. The number of rotatable bonds is 4. The van der Waals surface area contributed by atoms with Crippen LogP contribution in [-0.2, 0) is 9.59 Å². The zero-order valence-electron chi connectivity index (χ0n) is 11.6. The molecule has 1 aliphatic heterocycles. The fraction of sp³-hybridized carbons (Fsp3) is 0.357. The van der Waals surface area contributed by atoms with Crippen molar-refractivity contribution in [1.29, 1.82) is 0 Å². The number of hydrogen-bond acceptors (Lipinski definition) is 4. The van der Waals surface area contributed by atoms with Gasteiger partial charge >= 0.3 is 5.97 Å². The topological polar surface area (TPSA) is 86.7 Å². The molecular weight excluding hydrogens is 292 g/mol. The molecule has 0 spiro atoms. The van der Waals surface area contributed by atoms with E-state index in [0.29, 0.717) is 23.4 Å². The second-order valence-corrected chi connectivity index (χ2v) is 5.86. The average molecular weight is 308 g/mol. The third-order valence-electron chi connectivity index (χ3n) is 3.10. The minimum atomic E-state index is -0.944. The lowest BCUT2D eigenvalue weighted by atomic mass is 10.1. The molecule has 21 heavy (non-hydrogen) atoms. The van der Waals surface area contributed by atoms with Gasteiger partial charge in [0.2, 0.25) is 5.91 Å². The molecule has 0 saturated heterocycles. The Morgan fingerprint density at radius 3 is 2.90 bits per heavy atom. The van der Waals surface area contributed by atoms with Gasteiger partial charge in [-0.1, -0.05) is 0 Å². The van der Waals surface area contributed by atoms with Crippen molar-refractivity contribution in [2.24, 2.45) is 0 Å². The molecule has 112 valence electrons. The normalized spacial score (nSPS) is 13.9. The minimum absolute atomic E-state index is 0.0647. The van der Waals surface area contributed by atoms with Crippen LogP contribution in [0.3, 0.4) is 0 Å². The molecule has 6 nitrogen and oxygen atoms in total. The van der Waals surface area contributed by atoms with Gasteiger partial charge in [0.05, 0.1) is 12.1 Å². The van der Waals surface area contributed by atoms with Crippen molar-refractivity contribution in [3.63, 3.8) is 0 Å². The maximum absolute atomic E-state index is 12.2. The molecule has 7 heteroatoms. The number of benzene rings is 1. The number of nitrogens with zero attached hydrogens (tertiary/aromatic N) is 1. The third-order valence-corrected chi connectivity index (χ3v) is 4.17. The number of anilines is 1. The van der Waals surface area contributed by atoms with Crippen molar-refractivity contribution in [3.05, 3.63) is 23.8 Å². The highest BCUT2D eigenvalue weighted by Gasteiger charge is 2.18. The number of carbonyl (C=O) groups excluding carboxylic acids is 2. The Balaban J connectivity index is 2.15. The number of amides is 2. The van der Waals surface area contributed by atoms with Gasteiger partial charge in [-0.15, -0.1) is 11.8 Å². The first-order valence-electron chi connectivity index (χ1n) is 6.51. The largest absolute Gasteiger partial charge is 0.481 e. The van der Waals surface area contributed by atoms with Crippen molar-refractivity contribution >= 4 is 35.2 Å². The summed E-state index contributed by atoms with van der Waals surface area (Å²) in [6, 6.07) is 5.15. The quantitative estimate of drug-likeness (QED) is 0.883. The summed E-state index contributed by atoms with van der Waals surface area (Å²) in [7, 11) is 1.56. The van der Waals surface area contributed by atoms with Crippen molar-refractivity contribution in [2.45, 2.75) is 17.7 Å². The minimum Gasteiger partial charge on any atom is -0.481 e. The second-order valence-electron chi connectivity index (χ2n) is 4.73. The predicted molar refractivity (Wildman–Crippen MR) is 79.6 cm³/mol. The van der Waals surface area contributed by atoms with E-state index in [-0.39, 0.29) is 24.8 Å². The van der Waals surface area contributed by atoms with Gasteiger partial charge in [0.15, 0.2) is 0 Å². The predicted octanol–water partition coefficient (Wildman–Crippen LogP) is 1.67. The first kappa shape index (κ1) is 15.4. The van der Waals surface area contributed by atoms with Crippen LogP contribution >= 0.6 is 11.8 Å². The highest BCUT2D eigenvalue weighted by molar-refractivity contribution is 7.99. The lowest BCUT2D eigenvalue weighted by Gasteiger charge is -2.17. The Bertz CT molecular complexity index is 588. The van der Waals surface area contributed by atoms with Gasteiger partial charge < -0.3 is 15.3 Å². The molecule has 0 atom stereocenters. The van der Waals surface area contributed by atoms with Crippen LogP contribution in [0.2, 0.25) is 0 Å². The number of nitrogens with one attached hydrogen (secondary N) is 1. The first-order valence-corrected chi connectivity index (χ1v) is 7.50. The molecule has 0 aromatic heterocycles. The lowest BCUT2D eigenvalue weighted by molar-refractivity contribution is -0.137. The molecule has 2 N–H and O–H groups in total. The van der Waals surface area contributed by atoms with Crippen molar-refractivity contribution in [3.8, 4) is 0 Å². The number of hydrogen-bond donors (Lipinski definition) is 2. The van der Waals surface area contributed by atoms with E-state index in [4.69, 9.17) is 5.11 Å². The fourth-order valence-corrected chi connectivity index (χ4v) is 2.88. The molecule has 2 rings (SSSR count). The summed E-state index contributed by atoms with van der Waals surface area (Å²) in [5.74, 6) is -0.558. The van der Waals surface area contributed by atoms with Crippen LogP contribution in [0.15, 0.2) is 23.1 Å². The number of aliphatic carboxylic acids is 1. The molecule has 0 radical (unpaired) electrons. The monoisotopic (exact) mass is 308 g/mol. The molecule has 1 heterocycles. The molecule has 0 unspecified atom stereocenters. The second kappa shape index (κ2) is 6.62. The summed E-state index contributed by atoms with van der Waals surface area (Å²) in [4.78, 5) is 36.6. The summed E-state index contributed by atoms with van der Waals surface area (Å²) in [5.41, 5.74) is 1.07. The molecule has 0 bridgehead atoms. The van der Waals surface area contributed by atoms with Crippen molar-refractivity contribution < 1.29 is 19.5 Å². The van der Waals surface area contributed by atoms with Crippen LogP contribution in [0.25, 0.3) is 0 Å². The van der Waals surface area contributed by atoms with E-state index < -0.39 is 5.97 Å². The molecule has 2 amide bonds. The van der Waals surface area contributed by atoms with Gasteiger partial charge in [0.1, 0.15) is 0 Å². The van der Waals surface area contributed by atoms with E-state index >= 15 is 0 Å². The average Bonchev–Trinajstić information content (AvgIpc) is 2.63. The molecule has 1 aromatic carbocycles. The Morgan fingerprint density at radius 2 is 2.19 bits per heavy atom. The van der Waals surface area contributed by atoms with Crippen LogP contribution in [0.1, 0.15) is 23.2 Å². The molecule has 0 fully saturated rings. The van der Waals surface area contributed by atoms with Gasteiger partial charge in [0, 0.05) is 36.2 Å². The van der Waals surface area contributed by atoms with Crippen molar-refractivity contribution in [2.75, 3.05) is 24.7 Å². The summed E-state index contributed by atoms with van der Waals surface area (Å²) in [6.45, 7) is 0.145. The number of fused-ring (bicyclic) bond motifs is 1. The third kappa shape index (κ3) is 3.98. The van der Waals surface area contributed by atoms with Crippen LogP contribution in [0.4, 0.5) is 5.69 Å². The standard InChI is InChI=1S/C14H16N2O4S/c1-16(6-4-13(18)19)14(20)9-2-3-11-10(8-9)15-12(17)5-7-21-11/h2-3,8H,4-7H2,1H3,(H,15,17)(H,18,19). The molecule has 1 aliphatic rings. The van der Waals surface area contributed by atoms with Gasteiger partial charge in [-0.25, -0.2) is 0 Å². The van der Waals surface area contributed by atoms with Crippen LogP contribution < -0.4 is 5.32 Å². The van der Waals surface area contributed by atoms with Gasteiger partial charge in [0.25, 0.3) is 5.91 Å². The van der Waals surface area contributed by atoms with E-state index in [1.165, 1.54) is 4.90 Å². The maximum atomic E-state index is 12.2. The number of carboxylic acid groups (broad SMARTS) is 1. The highest BCUT2D eigenvalue weighted by atomic mass is 32.2. The Morgan fingerprint density at radius 1 is 1.43 bits per heavy atom. The lowest BCUT2D eigenvalue weighted by Crippen LogP contribution is -2.29. The molecule has 0 saturated carbocycles.